The number of rotatable bonds is 2. The zero-order valence-electron chi connectivity index (χ0n) is 8.83. The van der Waals surface area contributed by atoms with Crippen molar-refractivity contribution in [3.63, 3.8) is 0 Å². The second-order valence-electron chi connectivity index (χ2n) is 4.05. The van der Waals surface area contributed by atoms with E-state index >= 15 is 0 Å². The van der Waals surface area contributed by atoms with Gasteiger partial charge in [-0.1, -0.05) is 0 Å². The second-order valence-corrected chi connectivity index (χ2v) is 4.05. The van der Waals surface area contributed by atoms with Crippen LogP contribution in [-0.4, -0.2) is 30.9 Å². The summed E-state index contributed by atoms with van der Waals surface area (Å²) in [5, 5.41) is 0. The topological polar surface area (TPSA) is 51.4 Å². The third kappa shape index (κ3) is 1.82. The van der Waals surface area contributed by atoms with Crippen molar-refractivity contribution in [2.24, 2.45) is 0 Å². The van der Waals surface area contributed by atoms with Crippen LogP contribution in [0.3, 0.4) is 0 Å². The van der Waals surface area contributed by atoms with Crippen LogP contribution in [-0.2, 0) is 0 Å². The maximum absolute atomic E-state index is 13.3. The van der Waals surface area contributed by atoms with Crippen molar-refractivity contribution in [2.45, 2.75) is 12.6 Å². The summed E-state index contributed by atoms with van der Waals surface area (Å²) >= 11 is 0. The lowest BCUT2D eigenvalue weighted by atomic mass is 9.98. The van der Waals surface area contributed by atoms with Crippen LogP contribution in [0.5, 0.6) is 5.75 Å². The number of hydrogen-bond donors (Lipinski definition) is 1. The van der Waals surface area contributed by atoms with Gasteiger partial charge in [-0.2, -0.15) is 0 Å². The minimum atomic E-state index is -1.09. The van der Waals surface area contributed by atoms with Gasteiger partial charge in [0.2, 0.25) is 0 Å². The summed E-state index contributed by atoms with van der Waals surface area (Å²) in [7, 11) is 1.53. The Kier molecular flexibility index (Phi) is 2.17. The van der Waals surface area contributed by atoms with E-state index in [1.165, 1.54) is 7.11 Å². The molecule has 0 spiro atoms. The lowest BCUT2D eigenvalue weighted by Crippen LogP contribution is -2.57. The molecule has 0 aliphatic carbocycles. The van der Waals surface area contributed by atoms with Crippen LogP contribution in [0.25, 0.3) is 0 Å². The molecule has 0 aromatic carbocycles. The van der Waals surface area contributed by atoms with Crippen LogP contribution >= 0.6 is 0 Å². The number of pyridine rings is 1. The second kappa shape index (κ2) is 3.25. The molecule has 1 aliphatic heterocycles. The predicted molar refractivity (Wildman–Crippen MR) is 56.9 cm³/mol. The average Bonchev–Trinajstić information content (AvgIpc) is 2.15. The van der Waals surface area contributed by atoms with Crippen LogP contribution in [0.4, 0.5) is 15.9 Å². The van der Waals surface area contributed by atoms with E-state index in [9.17, 15) is 4.39 Å². The quantitative estimate of drug-likeness (QED) is 0.799. The fourth-order valence-electron chi connectivity index (χ4n) is 1.71. The summed E-state index contributed by atoms with van der Waals surface area (Å²) in [5.41, 5.74) is 5.34. The number of nitrogens with two attached hydrogens (primary N) is 1. The maximum atomic E-state index is 13.3. The number of halogens is 1. The summed E-state index contributed by atoms with van der Waals surface area (Å²) in [6.45, 7) is 2.37. The number of hydrogen-bond acceptors (Lipinski definition) is 4. The molecule has 1 aromatic heterocycles. The van der Waals surface area contributed by atoms with Crippen molar-refractivity contribution < 1.29 is 9.13 Å². The number of methoxy groups -OCH3 is 1. The van der Waals surface area contributed by atoms with Crippen molar-refractivity contribution >= 4 is 11.5 Å². The molecule has 15 heavy (non-hydrogen) atoms. The van der Waals surface area contributed by atoms with Gasteiger partial charge < -0.3 is 15.4 Å². The first-order chi connectivity index (χ1) is 7.02. The highest BCUT2D eigenvalue weighted by Gasteiger charge is 2.39. The molecule has 0 saturated carbocycles. The molecule has 0 bridgehead atoms. The Morgan fingerprint density at radius 3 is 2.80 bits per heavy atom. The zero-order chi connectivity index (χ0) is 11.1. The highest BCUT2D eigenvalue weighted by molar-refractivity contribution is 5.58. The molecule has 5 heteroatoms. The Labute approximate surface area is 87.8 Å². The first-order valence-corrected chi connectivity index (χ1v) is 4.75. The minimum Gasteiger partial charge on any atom is -0.493 e. The van der Waals surface area contributed by atoms with Crippen molar-refractivity contribution in [3.8, 4) is 5.75 Å². The molecular weight excluding hydrogens is 197 g/mol. The first kappa shape index (κ1) is 10.0. The van der Waals surface area contributed by atoms with Crippen LogP contribution in [0.15, 0.2) is 12.3 Å². The molecule has 1 saturated heterocycles. The Hall–Kier alpha value is -1.52. The summed E-state index contributed by atoms with van der Waals surface area (Å²) in [5.74, 6) is 0.879. The van der Waals surface area contributed by atoms with E-state index in [4.69, 9.17) is 10.5 Å². The molecular formula is C10H14FN3O. The molecule has 0 unspecified atom stereocenters. The van der Waals surface area contributed by atoms with Gasteiger partial charge in [0.25, 0.3) is 0 Å². The van der Waals surface area contributed by atoms with E-state index in [1.54, 1.807) is 19.2 Å². The highest BCUT2D eigenvalue weighted by Crippen LogP contribution is 2.32. The van der Waals surface area contributed by atoms with Gasteiger partial charge in [0, 0.05) is 6.07 Å². The third-order valence-corrected chi connectivity index (χ3v) is 2.49. The van der Waals surface area contributed by atoms with Gasteiger partial charge in [-0.05, 0) is 6.92 Å². The van der Waals surface area contributed by atoms with Gasteiger partial charge in [-0.25, -0.2) is 9.37 Å². The lowest BCUT2D eigenvalue weighted by Gasteiger charge is -2.43. The van der Waals surface area contributed by atoms with Gasteiger partial charge in [-0.3, -0.25) is 0 Å². The Balaban J connectivity index is 2.17. The van der Waals surface area contributed by atoms with Crippen molar-refractivity contribution in [2.75, 3.05) is 30.8 Å². The standard InChI is InChI=1S/C10H14FN3O/c1-10(11)5-14(6-10)7-3-8(15-2)9(12)13-4-7/h3-4H,5-6H2,1-2H3,(H2,12,13). The number of alkyl halides is 1. The van der Waals surface area contributed by atoms with Crippen molar-refractivity contribution in [3.05, 3.63) is 12.3 Å². The normalized spacial score (nSPS) is 18.5. The molecule has 2 heterocycles. The molecule has 1 fully saturated rings. The van der Waals surface area contributed by atoms with Crippen LogP contribution < -0.4 is 15.4 Å². The van der Waals surface area contributed by atoms with E-state index in [1.807, 2.05) is 4.90 Å². The first-order valence-electron chi connectivity index (χ1n) is 4.75. The molecule has 1 aliphatic rings. The van der Waals surface area contributed by atoms with E-state index < -0.39 is 5.67 Å². The number of anilines is 2. The molecule has 0 radical (unpaired) electrons. The number of aromatic nitrogens is 1. The third-order valence-electron chi connectivity index (χ3n) is 2.49. The van der Waals surface area contributed by atoms with Crippen LogP contribution in [0.1, 0.15) is 6.92 Å². The van der Waals surface area contributed by atoms with Gasteiger partial charge in [0.1, 0.15) is 5.67 Å². The van der Waals surface area contributed by atoms with Crippen molar-refractivity contribution in [1.29, 1.82) is 0 Å². The fraction of sp³-hybridized carbons (Fsp3) is 0.500. The summed E-state index contributed by atoms with van der Waals surface area (Å²) in [6, 6.07) is 1.78. The Bertz CT molecular complexity index is 373. The number of ether oxygens (including phenoxy) is 1. The van der Waals surface area contributed by atoms with E-state index in [2.05, 4.69) is 4.98 Å². The molecule has 4 nitrogen and oxygen atoms in total. The molecule has 0 amide bonds. The smallest absolute Gasteiger partial charge is 0.166 e. The average molecular weight is 211 g/mol. The Morgan fingerprint density at radius 1 is 1.60 bits per heavy atom. The van der Waals surface area contributed by atoms with Gasteiger partial charge >= 0.3 is 0 Å². The van der Waals surface area contributed by atoms with Crippen LogP contribution in [0, 0.1) is 0 Å². The number of nitrogen functional groups attached to an aromatic ring is 1. The van der Waals surface area contributed by atoms with E-state index in [-0.39, 0.29) is 0 Å². The SMILES string of the molecule is COc1cc(N2CC(C)(F)C2)cnc1N. The summed E-state index contributed by atoms with van der Waals surface area (Å²) in [6.07, 6.45) is 1.63. The zero-order valence-corrected chi connectivity index (χ0v) is 8.83. The maximum Gasteiger partial charge on any atom is 0.166 e. The fourth-order valence-corrected chi connectivity index (χ4v) is 1.71. The van der Waals surface area contributed by atoms with E-state index in [0.717, 1.165) is 5.69 Å². The molecule has 82 valence electrons. The highest BCUT2D eigenvalue weighted by atomic mass is 19.1. The van der Waals surface area contributed by atoms with Crippen molar-refractivity contribution in [1.82, 2.24) is 4.98 Å². The largest absolute Gasteiger partial charge is 0.493 e. The molecule has 1 aromatic rings. The predicted octanol–water partition coefficient (Wildman–Crippen LogP) is 1.22. The van der Waals surface area contributed by atoms with Gasteiger partial charge in [0.15, 0.2) is 11.6 Å². The van der Waals surface area contributed by atoms with Crippen LogP contribution in [0.2, 0.25) is 0 Å². The summed E-state index contributed by atoms with van der Waals surface area (Å²) < 4.78 is 18.3. The minimum absolute atomic E-state index is 0.352. The lowest BCUT2D eigenvalue weighted by molar-refractivity contribution is 0.144. The molecule has 0 atom stereocenters. The monoisotopic (exact) mass is 211 g/mol. The van der Waals surface area contributed by atoms with Gasteiger partial charge in [-0.15, -0.1) is 0 Å². The van der Waals surface area contributed by atoms with Gasteiger partial charge in [0.05, 0.1) is 32.1 Å². The molecule has 2 rings (SSSR count). The summed E-state index contributed by atoms with van der Waals surface area (Å²) in [4.78, 5) is 5.89. The van der Waals surface area contributed by atoms with E-state index in [0.29, 0.717) is 24.7 Å². The Morgan fingerprint density at radius 2 is 2.27 bits per heavy atom. The number of nitrogens with zero attached hydrogens (tertiary/aromatic N) is 2. The molecule has 2 N–H and O–H groups in total.